The fraction of sp³-hybridized carbons (Fsp3) is 0.579. The molecule has 130 valence electrons. The molecule has 1 heterocycles. The Kier molecular flexibility index (Phi) is 5.57. The van der Waals surface area contributed by atoms with Crippen molar-refractivity contribution in [1.29, 1.82) is 0 Å². The van der Waals surface area contributed by atoms with Crippen LogP contribution in [0, 0.1) is 11.8 Å². The molecule has 1 aliphatic carbocycles. The van der Waals surface area contributed by atoms with E-state index in [4.69, 9.17) is 11.6 Å². The van der Waals surface area contributed by atoms with Crippen molar-refractivity contribution in [3.63, 3.8) is 0 Å². The van der Waals surface area contributed by atoms with Gasteiger partial charge in [0.15, 0.2) is 0 Å². The van der Waals surface area contributed by atoms with Crippen molar-refractivity contribution in [3.05, 3.63) is 47.5 Å². The van der Waals surface area contributed by atoms with Crippen LogP contribution in [0.5, 0.6) is 0 Å². The fourth-order valence-electron chi connectivity index (χ4n) is 4.19. The standard InChI is InChI=1S/C19H26ClN3O/c1-2-16-5-3-4-6-17(11-15-7-9-18(20)10-8-15)19(16,24)12-23-14-21-13-22-23/h7-10,13-14,16-17,24H,2-6,11-12H2,1H3. The number of halogens is 1. The molecule has 3 atom stereocenters. The van der Waals surface area contributed by atoms with Crippen molar-refractivity contribution >= 4 is 11.6 Å². The molecule has 0 saturated heterocycles. The Bertz CT molecular complexity index is 629. The third-order valence-corrected chi connectivity index (χ3v) is 5.79. The van der Waals surface area contributed by atoms with Crippen molar-refractivity contribution in [2.45, 2.75) is 57.6 Å². The molecule has 3 unspecified atom stereocenters. The molecule has 4 nitrogen and oxygen atoms in total. The van der Waals surface area contributed by atoms with E-state index in [0.29, 0.717) is 12.5 Å². The van der Waals surface area contributed by atoms with E-state index >= 15 is 0 Å². The van der Waals surface area contributed by atoms with Gasteiger partial charge in [-0.1, -0.05) is 49.9 Å². The van der Waals surface area contributed by atoms with Gasteiger partial charge in [-0.05, 0) is 48.8 Å². The highest BCUT2D eigenvalue weighted by atomic mass is 35.5. The Labute approximate surface area is 148 Å². The minimum Gasteiger partial charge on any atom is -0.387 e. The Morgan fingerprint density at radius 3 is 2.54 bits per heavy atom. The van der Waals surface area contributed by atoms with Crippen LogP contribution < -0.4 is 0 Å². The summed E-state index contributed by atoms with van der Waals surface area (Å²) in [5, 5.41) is 16.7. The molecule has 1 aliphatic rings. The van der Waals surface area contributed by atoms with Gasteiger partial charge in [-0.25, -0.2) is 4.98 Å². The van der Waals surface area contributed by atoms with Gasteiger partial charge in [0.1, 0.15) is 12.7 Å². The van der Waals surface area contributed by atoms with Gasteiger partial charge in [-0.2, -0.15) is 5.10 Å². The van der Waals surface area contributed by atoms with Crippen LogP contribution in [0.4, 0.5) is 0 Å². The highest BCUT2D eigenvalue weighted by Gasteiger charge is 2.44. The first kappa shape index (κ1) is 17.4. The van der Waals surface area contributed by atoms with Crippen molar-refractivity contribution in [2.24, 2.45) is 11.8 Å². The molecule has 2 aromatic rings. The van der Waals surface area contributed by atoms with Gasteiger partial charge in [0.25, 0.3) is 0 Å². The van der Waals surface area contributed by atoms with Crippen LogP contribution in [0.1, 0.15) is 44.6 Å². The Balaban J connectivity index is 1.87. The lowest BCUT2D eigenvalue weighted by molar-refractivity contribution is -0.0850. The first-order valence-electron chi connectivity index (χ1n) is 8.91. The molecule has 0 aliphatic heterocycles. The number of nitrogens with zero attached hydrogens (tertiary/aromatic N) is 3. The van der Waals surface area contributed by atoms with Gasteiger partial charge in [-0.15, -0.1) is 0 Å². The van der Waals surface area contributed by atoms with Gasteiger partial charge in [0.05, 0.1) is 12.1 Å². The van der Waals surface area contributed by atoms with Gasteiger partial charge >= 0.3 is 0 Å². The maximum Gasteiger partial charge on any atom is 0.137 e. The van der Waals surface area contributed by atoms with Gasteiger partial charge in [0, 0.05) is 5.02 Å². The number of aromatic nitrogens is 3. The van der Waals surface area contributed by atoms with Crippen molar-refractivity contribution in [3.8, 4) is 0 Å². The van der Waals surface area contributed by atoms with Crippen LogP contribution in [0.25, 0.3) is 0 Å². The molecule has 0 radical (unpaired) electrons. The number of rotatable bonds is 5. The second-order valence-electron chi connectivity index (χ2n) is 7.00. The molecule has 0 amide bonds. The first-order valence-corrected chi connectivity index (χ1v) is 9.29. The minimum atomic E-state index is -0.751. The third-order valence-electron chi connectivity index (χ3n) is 5.54. The second kappa shape index (κ2) is 7.66. The van der Waals surface area contributed by atoms with E-state index < -0.39 is 5.60 Å². The van der Waals surface area contributed by atoms with E-state index in [0.717, 1.165) is 30.7 Å². The van der Waals surface area contributed by atoms with Gasteiger partial charge in [0.2, 0.25) is 0 Å². The summed E-state index contributed by atoms with van der Waals surface area (Å²) in [4.78, 5) is 4.04. The monoisotopic (exact) mass is 347 g/mol. The summed E-state index contributed by atoms with van der Waals surface area (Å²) in [6.45, 7) is 2.70. The average Bonchev–Trinajstić information content (AvgIpc) is 3.02. The van der Waals surface area contributed by atoms with Crippen molar-refractivity contribution < 1.29 is 5.11 Å². The van der Waals surface area contributed by atoms with Crippen LogP contribution in [-0.2, 0) is 13.0 Å². The number of hydrogen-bond donors (Lipinski definition) is 1. The zero-order chi connectivity index (χ0) is 17.0. The molecule has 3 rings (SSSR count). The van der Waals surface area contributed by atoms with Gasteiger partial charge < -0.3 is 5.11 Å². The van der Waals surface area contributed by atoms with E-state index in [-0.39, 0.29) is 5.92 Å². The predicted molar refractivity (Wildman–Crippen MR) is 95.9 cm³/mol. The zero-order valence-corrected chi connectivity index (χ0v) is 15.0. The number of aliphatic hydroxyl groups is 1. The lowest BCUT2D eigenvalue weighted by Crippen LogP contribution is -2.48. The summed E-state index contributed by atoms with van der Waals surface area (Å²) in [5.41, 5.74) is 0.483. The summed E-state index contributed by atoms with van der Waals surface area (Å²) in [7, 11) is 0. The smallest absolute Gasteiger partial charge is 0.137 e. The normalized spacial score (nSPS) is 27.8. The molecular formula is C19H26ClN3O. The van der Waals surface area contributed by atoms with E-state index in [1.165, 1.54) is 24.7 Å². The van der Waals surface area contributed by atoms with Crippen LogP contribution in [0.15, 0.2) is 36.9 Å². The SMILES string of the molecule is CCC1CCCCC(Cc2ccc(Cl)cc2)C1(O)Cn1cncn1. The van der Waals surface area contributed by atoms with E-state index in [9.17, 15) is 5.11 Å². The quantitative estimate of drug-likeness (QED) is 0.827. The average molecular weight is 348 g/mol. The van der Waals surface area contributed by atoms with E-state index in [1.807, 2.05) is 12.1 Å². The molecule has 0 spiro atoms. The molecule has 1 N–H and O–H groups in total. The second-order valence-corrected chi connectivity index (χ2v) is 7.44. The first-order chi connectivity index (χ1) is 11.6. The predicted octanol–water partition coefficient (Wildman–Crippen LogP) is 4.12. The number of benzene rings is 1. The highest BCUT2D eigenvalue weighted by molar-refractivity contribution is 6.30. The summed E-state index contributed by atoms with van der Waals surface area (Å²) in [6, 6.07) is 8.01. The third kappa shape index (κ3) is 3.81. The fourth-order valence-corrected chi connectivity index (χ4v) is 4.31. The number of hydrogen-bond acceptors (Lipinski definition) is 3. The molecule has 1 saturated carbocycles. The van der Waals surface area contributed by atoms with Crippen LogP contribution >= 0.6 is 11.6 Å². The topological polar surface area (TPSA) is 50.9 Å². The largest absolute Gasteiger partial charge is 0.387 e. The van der Waals surface area contributed by atoms with Gasteiger partial charge in [-0.3, -0.25) is 4.68 Å². The molecule has 0 bridgehead atoms. The Morgan fingerprint density at radius 2 is 1.92 bits per heavy atom. The minimum absolute atomic E-state index is 0.218. The molecular weight excluding hydrogens is 322 g/mol. The van der Waals surface area contributed by atoms with E-state index in [1.54, 1.807) is 11.0 Å². The summed E-state index contributed by atoms with van der Waals surface area (Å²) in [6.07, 6.45) is 9.60. The maximum absolute atomic E-state index is 11.7. The Morgan fingerprint density at radius 1 is 1.21 bits per heavy atom. The van der Waals surface area contributed by atoms with Crippen LogP contribution in [0.2, 0.25) is 5.02 Å². The summed E-state index contributed by atoms with van der Waals surface area (Å²) < 4.78 is 1.78. The molecule has 1 aromatic heterocycles. The van der Waals surface area contributed by atoms with Crippen LogP contribution in [-0.4, -0.2) is 25.5 Å². The Hall–Kier alpha value is -1.39. The zero-order valence-electron chi connectivity index (χ0n) is 14.2. The van der Waals surface area contributed by atoms with E-state index in [2.05, 4.69) is 29.1 Å². The molecule has 1 aromatic carbocycles. The summed E-state index contributed by atoms with van der Waals surface area (Å²) >= 11 is 6.01. The maximum atomic E-state index is 11.7. The van der Waals surface area contributed by atoms with Crippen LogP contribution in [0.3, 0.4) is 0 Å². The lowest BCUT2D eigenvalue weighted by atomic mass is 9.72. The molecule has 24 heavy (non-hydrogen) atoms. The highest BCUT2D eigenvalue weighted by Crippen LogP contribution is 2.41. The van der Waals surface area contributed by atoms with Crippen molar-refractivity contribution in [2.75, 3.05) is 0 Å². The van der Waals surface area contributed by atoms with Crippen molar-refractivity contribution in [1.82, 2.24) is 14.8 Å². The lowest BCUT2D eigenvalue weighted by Gasteiger charge is -2.41. The summed E-state index contributed by atoms with van der Waals surface area (Å²) in [5.74, 6) is 0.511. The molecule has 5 heteroatoms. The molecule has 1 fully saturated rings.